The fourth-order valence-corrected chi connectivity index (χ4v) is 3.53. The van der Waals surface area contributed by atoms with Crippen LogP contribution in [0.25, 0.3) is 16.9 Å². The summed E-state index contributed by atoms with van der Waals surface area (Å²) in [5, 5.41) is 5.52. The molecule has 0 aliphatic carbocycles. The summed E-state index contributed by atoms with van der Waals surface area (Å²) in [7, 11) is 0. The molecule has 1 aromatic carbocycles. The van der Waals surface area contributed by atoms with Gasteiger partial charge >= 0.3 is 0 Å². The number of carbonyl (C=O) groups is 1. The van der Waals surface area contributed by atoms with Crippen molar-refractivity contribution in [3.8, 4) is 16.9 Å². The van der Waals surface area contributed by atoms with Crippen molar-refractivity contribution in [1.82, 2.24) is 9.55 Å². The number of nitrogens with one attached hydrogen (secondary N) is 1. The highest BCUT2D eigenvalue weighted by Gasteiger charge is 2.16. The number of carbonyl (C=O) groups excluding carboxylic acids is 1. The molecule has 0 spiro atoms. The zero-order valence-electron chi connectivity index (χ0n) is 15.3. The van der Waals surface area contributed by atoms with E-state index in [1.807, 2.05) is 19.2 Å². The third kappa shape index (κ3) is 3.51. The molecule has 3 aromatic rings. The second-order valence-electron chi connectivity index (χ2n) is 6.64. The van der Waals surface area contributed by atoms with Gasteiger partial charge in [-0.05, 0) is 39.0 Å². The summed E-state index contributed by atoms with van der Waals surface area (Å²) in [6, 6.07) is 10.7. The molecule has 130 valence electrons. The molecule has 1 amide bonds. The zero-order valence-corrected chi connectivity index (χ0v) is 16.1. The lowest BCUT2D eigenvalue weighted by molar-refractivity contribution is -0.118. The molecule has 1 N–H and O–H groups in total. The molecule has 0 aliphatic rings. The maximum absolute atomic E-state index is 11.8. The third-order valence-corrected chi connectivity index (χ3v) is 5.02. The average molecular weight is 353 g/mol. The Morgan fingerprint density at radius 3 is 2.48 bits per heavy atom. The van der Waals surface area contributed by atoms with Crippen molar-refractivity contribution in [1.29, 1.82) is 0 Å². The minimum atomic E-state index is -0.0565. The predicted molar refractivity (Wildman–Crippen MR) is 105 cm³/mol. The van der Waals surface area contributed by atoms with Gasteiger partial charge in [0, 0.05) is 33.9 Å². The van der Waals surface area contributed by atoms with Crippen LogP contribution in [-0.2, 0) is 4.79 Å². The highest BCUT2D eigenvalue weighted by Crippen LogP contribution is 2.31. The van der Waals surface area contributed by atoms with Gasteiger partial charge in [0.1, 0.15) is 0 Å². The first kappa shape index (κ1) is 17.4. The summed E-state index contributed by atoms with van der Waals surface area (Å²) in [4.78, 5) is 16.4. The Hall–Kier alpha value is -2.40. The Morgan fingerprint density at radius 1 is 1.16 bits per heavy atom. The summed E-state index contributed by atoms with van der Waals surface area (Å²) in [5.41, 5.74) is 6.70. The predicted octanol–water partition coefficient (Wildman–Crippen LogP) is 5.12. The minimum Gasteiger partial charge on any atom is -0.318 e. The summed E-state index contributed by atoms with van der Waals surface area (Å²) in [6.45, 7) is 10.0. The molecule has 0 saturated carbocycles. The van der Waals surface area contributed by atoms with Crippen LogP contribution in [0.15, 0.2) is 35.7 Å². The van der Waals surface area contributed by atoms with Crippen molar-refractivity contribution in [3.05, 3.63) is 52.7 Å². The van der Waals surface area contributed by atoms with E-state index >= 15 is 0 Å². The number of rotatable bonds is 4. The number of aromatic nitrogens is 2. The van der Waals surface area contributed by atoms with Crippen LogP contribution in [-0.4, -0.2) is 15.5 Å². The van der Waals surface area contributed by atoms with Crippen LogP contribution in [0.5, 0.6) is 0 Å². The first-order chi connectivity index (χ1) is 11.9. The minimum absolute atomic E-state index is 0.00831. The quantitative estimate of drug-likeness (QED) is 0.707. The van der Waals surface area contributed by atoms with Gasteiger partial charge < -0.3 is 9.88 Å². The van der Waals surface area contributed by atoms with Crippen molar-refractivity contribution < 1.29 is 4.79 Å². The molecule has 2 heterocycles. The van der Waals surface area contributed by atoms with Gasteiger partial charge in [-0.3, -0.25) is 4.79 Å². The van der Waals surface area contributed by atoms with Gasteiger partial charge in [0.2, 0.25) is 5.91 Å². The SMILES string of the molecule is Cc1ccc(-n2c(C)cc(-c3csc(NC(=O)C(C)C)n3)c2C)cc1. The lowest BCUT2D eigenvalue weighted by Crippen LogP contribution is -2.17. The van der Waals surface area contributed by atoms with Gasteiger partial charge in [-0.1, -0.05) is 31.5 Å². The fourth-order valence-electron chi connectivity index (χ4n) is 2.82. The maximum Gasteiger partial charge on any atom is 0.228 e. The standard InChI is InChI=1S/C20H23N3OS/c1-12(2)19(24)22-20-21-18(11-25-20)17-10-14(4)23(15(17)5)16-8-6-13(3)7-9-16/h6-12H,1-5H3,(H,21,22,24). The fraction of sp³-hybridized carbons (Fsp3) is 0.300. The lowest BCUT2D eigenvalue weighted by atomic mass is 10.2. The molecular formula is C20H23N3OS. The average Bonchev–Trinajstić information content (AvgIpc) is 3.13. The number of hydrogen-bond donors (Lipinski definition) is 1. The Kier molecular flexibility index (Phi) is 4.77. The Labute approximate surface area is 152 Å². The highest BCUT2D eigenvalue weighted by atomic mass is 32.1. The number of hydrogen-bond acceptors (Lipinski definition) is 3. The van der Waals surface area contributed by atoms with Gasteiger partial charge in [-0.2, -0.15) is 0 Å². The van der Waals surface area contributed by atoms with E-state index in [-0.39, 0.29) is 11.8 Å². The highest BCUT2D eigenvalue weighted by molar-refractivity contribution is 7.14. The molecule has 0 aliphatic heterocycles. The topological polar surface area (TPSA) is 46.9 Å². The summed E-state index contributed by atoms with van der Waals surface area (Å²) in [5.74, 6) is -0.0648. The van der Waals surface area contributed by atoms with Crippen LogP contribution >= 0.6 is 11.3 Å². The van der Waals surface area contributed by atoms with Gasteiger partial charge in [0.15, 0.2) is 5.13 Å². The maximum atomic E-state index is 11.8. The molecule has 3 rings (SSSR count). The lowest BCUT2D eigenvalue weighted by Gasteiger charge is -2.10. The number of aryl methyl sites for hydroxylation is 2. The van der Waals surface area contributed by atoms with Gasteiger partial charge in [0.05, 0.1) is 5.69 Å². The zero-order chi connectivity index (χ0) is 18.1. The number of nitrogens with zero attached hydrogens (tertiary/aromatic N) is 2. The molecule has 0 atom stereocenters. The van der Waals surface area contributed by atoms with E-state index in [0.717, 1.165) is 28.3 Å². The molecular weight excluding hydrogens is 330 g/mol. The van der Waals surface area contributed by atoms with Crippen molar-refractivity contribution in [2.75, 3.05) is 5.32 Å². The number of thiazole rings is 1. The van der Waals surface area contributed by atoms with E-state index in [0.29, 0.717) is 5.13 Å². The molecule has 0 fully saturated rings. The van der Waals surface area contributed by atoms with Gasteiger partial charge in [-0.15, -0.1) is 11.3 Å². The number of anilines is 1. The van der Waals surface area contributed by atoms with Crippen molar-refractivity contribution in [2.45, 2.75) is 34.6 Å². The summed E-state index contributed by atoms with van der Waals surface area (Å²) < 4.78 is 2.24. The molecule has 0 unspecified atom stereocenters. The van der Waals surface area contributed by atoms with E-state index in [1.165, 1.54) is 16.9 Å². The molecule has 0 saturated heterocycles. The molecule has 25 heavy (non-hydrogen) atoms. The Morgan fingerprint density at radius 2 is 1.84 bits per heavy atom. The molecule has 4 nitrogen and oxygen atoms in total. The van der Waals surface area contributed by atoms with Crippen molar-refractivity contribution in [2.24, 2.45) is 5.92 Å². The Balaban J connectivity index is 1.94. The van der Waals surface area contributed by atoms with Crippen LogP contribution in [0.4, 0.5) is 5.13 Å². The van der Waals surface area contributed by atoms with E-state index in [9.17, 15) is 4.79 Å². The van der Waals surface area contributed by atoms with Crippen LogP contribution in [0.1, 0.15) is 30.8 Å². The smallest absolute Gasteiger partial charge is 0.228 e. The molecule has 0 bridgehead atoms. The second-order valence-corrected chi connectivity index (χ2v) is 7.50. The van der Waals surface area contributed by atoms with E-state index in [4.69, 9.17) is 0 Å². The number of amides is 1. The first-order valence-corrected chi connectivity index (χ1v) is 9.27. The van der Waals surface area contributed by atoms with Crippen LogP contribution in [0.2, 0.25) is 0 Å². The summed E-state index contributed by atoms with van der Waals surface area (Å²) in [6.07, 6.45) is 0. The van der Waals surface area contributed by atoms with Crippen LogP contribution < -0.4 is 5.32 Å². The van der Waals surface area contributed by atoms with Gasteiger partial charge in [0.25, 0.3) is 0 Å². The van der Waals surface area contributed by atoms with E-state index in [2.05, 4.69) is 66.0 Å². The monoisotopic (exact) mass is 353 g/mol. The largest absolute Gasteiger partial charge is 0.318 e. The molecule has 5 heteroatoms. The summed E-state index contributed by atoms with van der Waals surface area (Å²) >= 11 is 1.46. The molecule has 0 radical (unpaired) electrons. The Bertz CT molecular complexity index is 904. The van der Waals surface area contributed by atoms with E-state index < -0.39 is 0 Å². The van der Waals surface area contributed by atoms with Crippen molar-refractivity contribution in [3.63, 3.8) is 0 Å². The third-order valence-electron chi connectivity index (χ3n) is 4.26. The van der Waals surface area contributed by atoms with Crippen molar-refractivity contribution >= 4 is 22.4 Å². The van der Waals surface area contributed by atoms with E-state index in [1.54, 1.807) is 0 Å². The normalized spacial score (nSPS) is 11.1. The number of benzene rings is 1. The van der Waals surface area contributed by atoms with Crippen LogP contribution in [0, 0.1) is 26.7 Å². The van der Waals surface area contributed by atoms with Gasteiger partial charge in [-0.25, -0.2) is 4.98 Å². The second kappa shape index (κ2) is 6.84. The van der Waals surface area contributed by atoms with Crippen LogP contribution in [0.3, 0.4) is 0 Å². The first-order valence-electron chi connectivity index (χ1n) is 8.39. The molecule has 2 aromatic heterocycles.